The molecule has 5 heteroatoms. The van der Waals surface area contributed by atoms with E-state index in [0.717, 1.165) is 16.9 Å². The minimum absolute atomic E-state index is 0.105. The predicted molar refractivity (Wildman–Crippen MR) is 79.4 cm³/mol. The summed E-state index contributed by atoms with van der Waals surface area (Å²) in [5.74, 6) is -1.08. The van der Waals surface area contributed by atoms with Gasteiger partial charge in [-0.3, -0.25) is 4.79 Å². The van der Waals surface area contributed by atoms with E-state index in [1.165, 1.54) is 11.6 Å². The van der Waals surface area contributed by atoms with Crippen LogP contribution >= 0.6 is 11.3 Å². The van der Waals surface area contributed by atoms with Crippen molar-refractivity contribution < 1.29 is 14.7 Å². The lowest BCUT2D eigenvalue weighted by Crippen LogP contribution is -2.11. The first kappa shape index (κ1) is 14.3. The molecule has 0 saturated heterocycles. The number of nitrogens with one attached hydrogen (secondary N) is 1. The molecule has 104 valence electrons. The molecule has 0 saturated carbocycles. The van der Waals surface area contributed by atoms with Gasteiger partial charge in [0.05, 0.1) is 5.00 Å². The highest BCUT2D eigenvalue weighted by molar-refractivity contribution is 7.18. The summed E-state index contributed by atoms with van der Waals surface area (Å²) in [5.41, 5.74) is 2.32. The zero-order valence-corrected chi connectivity index (χ0v) is 11.9. The van der Waals surface area contributed by atoms with Gasteiger partial charge in [0, 0.05) is 6.42 Å². The first-order chi connectivity index (χ1) is 9.56. The van der Waals surface area contributed by atoms with Crippen molar-refractivity contribution in [2.24, 2.45) is 0 Å². The smallest absolute Gasteiger partial charge is 0.345 e. The molecule has 0 spiro atoms. The molecule has 0 radical (unpaired) electrons. The zero-order valence-electron chi connectivity index (χ0n) is 11.1. The van der Waals surface area contributed by atoms with E-state index in [2.05, 4.69) is 5.32 Å². The number of carbonyl (C=O) groups is 2. The third-order valence-corrected chi connectivity index (χ3v) is 3.95. The molecule has 0 aliphatic carbocycles. The third kappa shape index (κ3) is 3.68. The molecule has 0 bridgehead atoms. The van der Waals surface area contributed by atoms with Crippen molar-refractivity contribution in [2.75, 3.05) is 5.32 Å². The number of benzene rings is 1. The van der Waals surface area contributed by atoms with E-state index in [1.54, 1.807) is 6.07 Å². The molecule has 2 rings (SSSR count). The number of hydrogen-bond donors (Lipinski definition) is 2. The van der Waals surface area contributed by atoms with E-state index in [-0.39, 0.29) is 10.8 Å². The Morgan fingerprint density at radius 2 is 1.95 bits per heavy atom. The first-order valence-corrected chi connectivity index (χ1v) is 7.05. The van der Waals surface area contributed by atoms with Gasteiger partial charge in [-0.05, 0) is 36.6 Å². The van der Waals surface area contributed by atoms with Crippen LogP contribution in [-0.2, 0) is 11.2 Å². The number of aromatic carboxylic acids is 1. The molecule has 1 amide bonds. The van der Waals surface area contributed by atoms with Gasteiger partial charge in [0.25, 0.3) is 0 Å². The fraction of sp³-hybridized carbons (Fsp3) is 0.200. The highest BCUT2D eigenvalue weighted by Crippen LogP contribution is 2.22. The summed E-state index contributed by atoms with van der Waals surface area (Å²) in [5, 5.41) is 12.1. The lowest BCUT2D eigenvalue weighted by Gasteiger charge is -2.05. The van der Waals surface area contributed by atoms with Gasteiger partial charge in [0.2, 0.25) is 5.91 Å². The van der Waals surface area contributed by atoms with Crippen molar-refractivity contribution in [1.29, 1.82) is 0 Å². The zero-order chi connectivity index (χ0) is 14.5. The number of hydrogen-bond acceptors (Lipinski definition) is 3. The molecule has 2 aromatic rings. The van der Waals surface area contributed by atoms with Gasteiger partial charge in [0.15, 0.2) is 0 Å². The van der Waals surface area contributed by atoms with Crippen LogP contribution in [0.25, 0.3) is 0 Å². The summed E-state index contributed by atoms with van der Waals surface area (Å²) in [4.78, 5) is 22.8. The second-order valence-corrected chi connectivity index (χ2v) is 5.53. The molecule has 0 unspecified atom stereocenters. The minimum atomic E-state index is -0.976. The number of rotatable bonds is 5. The van der Waals surface area contributed by atoms with Gasteiger partial charge in [-0.2, -0.15) is 0 Å². The summed E-state index contributed by atoms with van der Waals surface area (Å²) in [6.45, 7) is 2.02. The van der Waals surface area contributed by atoms with Gasteiger partial charge >= 0.3 is 5.97 Å². The van der Waals surface area contributed by atoms with Gasteiger partial charge in [-0.1, -0.05) is 24.3 Å². The summed E-state index contributed by atoms with van der Waals surface area (Å²) in [7, 11) is 0. The Hall–Kier alpha value is -2.14. The van der Waals surface area contributed by atoms with Gasteiger partial charge < -0.3 is 10.4 Å². The van der Waals surface area contributed by atoms with Crippen LogP contribution in [-0.4, -0.2) is 17.0 Å². The van der Waals surface area contributed by atoms with Crippen molar-refractivity contribution in [2.45, 2.75) is 19.8 Å². The maximum absolute atomic E-state index is 11.8. The van der Waals surface area contributed by atoms with E-state index < -0.39 is 5.97 Å². The van der Waals surface area contributed by atoms with Crippen LogP contribution < -0.4 is 5.32 Å². The topological polar surface area (TPSA) is 66.4 Å². The molecule has 2 N–H and O–H groups in total. The second kappa shape index (κ2) is 6.34. The quantitative estimate of drug-likeness (QED) is 0.887. The second-order valence-electron chi connectivity index (χ2n) is 4.44. The average Bonchev–Trinajstić information content (AvgIpc) is 2.86. The number of anilines is 1. The largest absolute Gasteiger partial charge is 0.477 e. The van der Waals surface area contributed by atoms with Crippen molar-refractivity contribution >= 4 is 28.2 Å². The molecule has 1 aromatic carbocycles. The predicted octanol–water partition coefficient (Wildman–Crippen LogP) is 3.33. The van der Waals surface area contributed by atoms with Crippen LogP contribution in [0.5, 0.6) is 0 Å². The number of carboxylic acids is 1. The maximum atomic E-state index is 11.8. The molecule has 20 heavy (non-hydrogen) atoms. The summed E-state index contributed by atoms with van der Waals surface area (Å²) >= 11 is 1.06. The molecule has 0 fully saturated rings. The average molecular weight is 289 g/mol. The van der Waals surface area contributed by atoms with Gasteiger partial charge in [0.1, 0.15) is 4.88 Å². The lowest BCUT2D eigenvalue weighted by atomic mass is 10.0. The number of thiophene rings is 1. The van der Waals surface area contributed by atoms with E-state index in [4.69, 9.17) is 5.11 Å². The Morgan fingerprint density at radius 1 is 1.20 bits per heavy atom. The number of carbonyl (C=O) groups excluding carboxylic acids is 1. The maximum Gasteiger partial charge on any atom is 0.345 e. The fourth-order valence-corrected chi connectivity index (χ4v) is 2.62. The van der Waals surface area contributed by atoms with Gasteiger partial charge in [-0.15, -0.1) is 11.3 Å². The minimum Gasteiger partial charge on any atom is -0.477 e. The van der Waals surface area contributed by atoms with Crippen molar-refractivity contribution in [3.8, 4) is 0 Å². The van der Waals surface area contributed by atoms with E-state index in [0.29, 0.717) is 17.8 Å². The van der Waals surface area contributed by atoms with Crippen LogP contribution in [0.1, 0.15) is 27.2 Å². The number of carboxylic acid groups (broad SMARTS) is 1. The number of amides is 1. The number of aryl methyl sites for hydroxylation is 2. The molecule has 0 aliphatic rings. The third-order valence-electron chi connectivity index (χ3n) is 2.96. The van der Waals surface area contributed by atoms with E-state index in [9.17, 15) is 9.59 Å². The van der Waals surface area contributed by atoms with Crippen LogP contribution in [0.3, 0.4) is 0 Å². The molecule has 1 heterocycles. The normalized spacial score (nSPS) is 10.2. The lowest BCUT2D eigenvalue weighted by molar-refractivity contribution is -0.116. The van der Waals surface area contributed by atoms with Crippen LogP contribution in [0.4, 0.5) is 5.00 Å². The summed E-state index contributed by atoms with van der Waals surface area (Å²) in [6, 6.07) is 11.1. The van der Waals surface area contributed by atoms with Gasteiger partial charge in [-0.25, -0.2) is 4.79 Å². The van der Waals surface area contributed by atoms with Crippen LogP contribution in [0.15, 0.2) is 36.4 Å². The Kier molecular flexibility index (Phi) is 4.53. The molecular weight excluding hydrogens is 274 g/mol. The standard InChI is InChI=1S/C15H15NO3S/c1-10-4-2-3-5-11(10)6-8-13(17)16-14-9-7-12(20-14)15(18)19/h2-5,7,9H,6,8H2,1H3,(H,16,17)(H,18,19). The summed E-state index contributed by atoms with van der Waals surface area (Å²) in [6.07, 6.45) is 1.06. The van der Waals surface area contributed by atoms with Crippen LogP contribution in [0.2, 0.25) is 0 Å². The molecule has 4 nitrogen and oxygen atoms in total. The Labute approximate surface area is 121 Å². The summed E-state index contributed by atoms with van der Waals surface area (Å²) < 4.78 is 0. The van der Waals surface area contributed by atoms with Crippen LogP contribution in [0, 0.1) is 6.92 Å². The molecular formula is C15H15NO3S. The Bertz CT molecular complexity index is 634. The van der Waals surface area contributed by atoms with Crippen molar-refractivity contribution in [3.63, 3.8) is 0 Å². The SMILES string of the molecule is Cc1ccccc1CCC(=O)Nc1ccc(C(=O)O)s1. The molecule has 1 aromatic heterocycles. The Balaban J connectivity index is 1.89. The first-order valence-electron chi connectivity index (χ1n) is 6.24. The van der Waals surface area contributed by atoms with Crippen molar-refractivity contribution in [3.05, 3.63) is 52.4 Å². The Morgan fingerprint density at radius 3 is 2.60 bits per heavy atom. The van der Waals surface area contributed by atoms with E-state index in [1.807, 2.05) is 31.2 Å². The highest BCUT2D eigenvalue weighted by atomic mass is 32.1. The monoisotopic (exact) mass is 289 g/mol. The molecule has 0 aliphatic heterocycles. The van der Waals surface area contributed by atoms with Crippen molar-refractivity contribution in [1.82, 2.24) is 0 Å². The fourth-order valence-electron chi connectivity index (χ4n) is 1.86. The molecule has 0 atom stereocenters. The van der Waals surface area contributed by atoms with E-state index >= 15 is 0 Å². The highest BCUT2D eigenvalue weighted by Gasteiger charge is 2.09.